The van der Waals surface area contributed by atoms with Crippen molar-refractivity contribution in [1.29, 1.82) is 0 Å². The largest absolute Gasteiger partial charge is 0.481 e. The second kappa shape index (κ2) is 9.06. The molecule has 178 valence electrons. The van der Waals surface area contributed by atoms with E-state index in [2.05, 4.69) is 18.0 Å². The zero-order valence-corrected chi connectivity index (χ0v) is 20.0. The molecule has 2 aromatic carbocycles. The number of sulfonamides is 1. The molecule has 1 aliphatic heterocycles. The van der Waals surface area contributed by atoms with Crippen LogP contribution in [0.15, 0.2) is 65.7 Å². The summed E-state index contributed by atoms with van der Waals surface area (Å²) in [6.45, 7) is 3.71. The van der Waals surface area contributed by atoms with Crippen molar-refractivity contribution in [3.05, 3.63) is 77.7 Å². The summed E-state index contributed by atoms with van der Waals surface area (Å²) in [5.41, 5.74) is 2.77. The Bertz CT molecular complexity index is 1330. The van der Waals surface area contributed by atoms with Crippen LogP contribution in [0.4, 0.5) is 21.6 Å². The molecular weight excluding hydrogens is 457 g/mol. The van der Waals surface area contributed by atoms with E-state index < -0.39 is 33.8 Å². The van der Waals surface area contributed by atoms with Crippen molar-refractivity contribution < 1.29 is 22.7 Å². The van der Waals surface area contributed by atoms with Gasteiger partial charge in [0.05, 0.1) is 18.2 Å². The van der Waals surface area contributed by atoms with E-state index in [0.717, 1.165) is 12.1 Å². The number of pyridine rings is 1. The summed E-state index contributed by atoms with van der Waals surface area (Å²) >= 11 is 0. The number of aliphatic carboxylic acids is 1. The van der Waals surface area contributed by atoms with Crippen LogP contribution in [0.1, 0.15) is 37.3 Å². The van der Waals surface area contributed by atoms with Gasteiger partial charge in [0.15, 0.2) is 0 Å². The third kappa shape index (κ3) is 4.23. The molecule has 34 heavy (non-hydrogen) atoms. The summed E-state index contributed by atoms with van der Waals surface area (Å²) in [7, 11) is -2.21. The lowest BCUT2D eigenvalue weighted by Crippen LogP contribution is -2.37. The van der Waals surface area contributed by atoms with E-state index >= 15 is 0 Å². The minimum atomic E-state index is -4.06. The van der Waals surface area contributed by atoms with Crippen LogP contribution in [-0.4, -0.2) is 37.6 Å². The molecule has 0 radical (unpaired) electrons. The number of carbonyl (C=O) groups is 1. The molecule has 0 amide bonds. The lowest BCUT2D eigenvalue weighted by Gasteiger charge is -2.26. The summed E-state index contributed by atoms with van der Waals surface area (Å²) in [5.74, 6) is -1.70. The van der Waals surface area contributed by atoms with Crippen molar-refractivity contribution in [1.82, 2.24) is 4.98 Å². The molecule has 0 fully saturated rings. The quantitative estimate of drug-likeness (QED) is 0.524. The second-order valence-corrected chi connectivity index (χ2v) is 10.2. The number of benzene rings is 2. The SMILES string of the molecule is CCc1cccc(N(C)c2ccc(S(=O)(=O)N3c4ccc(F)cc4C(CC(=O)O)C3C)cn2)c1. The number of carboxylic acids is 1. The van der Waals surface area contributed by atoms with Crippen LogP contribution in [0.5, 0.6) is 0 Å². The van der Waals surface area contributed by atoms with Gasteiger partial charge in [-0.3, -0.25) is 9.10 Å². The van der Waals surface area contributed by atoms with Crippen molar-refractivity contribution in [3.8, 4) is 0 Å². The van der Waals surface area contributed by atoms with Gasteiger partial charge in [-0.25, -0.2) is 17.8 Å². The lowest BCUT2D eigenvalue weighted by molar-refractivity contribution is -0.137. The highest BCUT2D eigenvalue weighted by atomic mass is 32.2. The molecule has 2 heterocycles. The van der Waals surface area contributed by atoms with Gasteiger partial charge >= 0.3 is 5.97 Å². The first-order valence-electron chi connectivity index (χ1n) is 11.0. The molecule has 4 rings (SSSR count). The predicted molar refractivity (Wildman–Crippen MR) is 129 cm³/mol. The standard InChI is InChI=1S/C25H26FN3O4S/c1-4-17-6-5-7-19(12-17)28(3)24-11-9-20(15-27-24)34(32,33)29-16(2)21(14-25(30)31)22-13-18(26)8-10-23(22)29/h5-13,15-16,21H,4,14H2,1-3H3,(H,30,31). The van der Waals surface area contributed by atoms with Gasteiger partial charge in [0.25, 0.3) is 10.0 Å². The molecule has 0 spiro atoms. The van der Waals surface area contributed by atoms with Gasteiger partial charge in [-0.05, 0) is 66.9 Å². The van der Waals surface area contributed by atoms with Crippen LogP contribution in [0.25, 0.3) is 0 Å². The number of rotatable bonds is 7. The Morgan fingerprint density at radius 3 is 2.59 bits per heavy atom. The van der Waals surface area contributed by atoms with Crippen LogP contribution >= 0.6 is 0 Å². The number of carboxylic acid groups (broad SMARTS) is 1. The monoisotopic (exact) mass is 483 g/mol. The fourth-order valence-electron chi connectivity index (χ4n) is 4.44. The maximum absolute atomic E-state index is 13.9. The Labute approximate surface area is 198 Å². The fourth-order valence-corrected chi connectivity index (χ4v) is 6.10. The van der Waals surface area contributed by atoms with Crippen molar-refractivity contribution in [2.75, 3.05) is 16.3 Å². The molecule has 9 heteroatoms. The van der Waals surface area contributed by atoms with Crippen molar-refractivity contribution in [3.63, 3.8) is 0 Å². The molecule has 1 N–H and O–H groups in total. The summed E-state index contributed by atoms with van der Waals surface area (Å²) in [4.78, 5) is 17.6. The van der Waals surface area contributed by atoms with E-state index in [1.54, 1.807) is 13.0 Å². The number of fused-ring (bicyclic) bond motifs is 1. The van der Waals surface area contributed by atoms with Gasteiger partial charge < -0.3 is 10.0 Å². The van der Waals surface area contributed by atoms with Crippen LogP contribution in [0, 0.1) is 5.82 Å². The molecule has 0 saturated heterocycles. The van der Waals surface area contributed by atoms with Gasteiger partial charge in [-0.15, -0.1) is 0 Å². The Morgan fingerprint density at radius 1 is 1.18 bits per heavy atom. The fraction of sp³-hybridized carbons (Fsp3) is 0.280. The minimum absolute atomic E-state index is 0.0231. The van der Waals surface area contributed by atoms with E-state index in [-0.39, 0.29) is 17.0 Å². The second-order valence-electron chi connectivity index (χ2n) is 8.38. The number of aromatic nitrogens is 1. The Hall–Kier alpha value is -3.46. The number of hydrogen-bond donors (Lipinski definition) is 1. The van der Waals surface area contributed by atoms with Gasteiger partial charge in [0.2, 0.25) is 0 Å². The molecule has 1 aliphatic rings. The third-order valence-electron chi connectivity index (χ3n) is 6.30. The number of hydrogen-bond acceptors (Lipinski definition) is 5. The zero-order valence-electron chi connectivity index (χ0n) is 19.1. The van der Waals surface area contributed by atoms with E-state index in [1.165, 1.54) is 40.3 Å². The maximum atomic E-state index is 13.9. The van der Waals surface area contributed by atoms with Crippen LogP contribution < -0.4 is 9.21 Å². The maximum Gasteiger partial charge on any atom is 0.304 e. The van der Waals surface area contributed by atoms with Crippen LogP contribution in [0.2, 0.25) is 0 Å². The number of aryl methyl sites for hydroxylation is 1. The van der Waals surface area contributed by atoms with Gasteiger partial charge in [-0.1, -0.05) is 19.1 Å². The Kier molecular flexibility index (Phi) is 6.31. The summed E-state index contributed by atoms with van der Waals surface area (Å²) < 4.78 is 42.3. The summed E-state index contributed by atoms with van der Waals surface area (Å²) in [5, 5.41) is 9.33. The number of nitrogens with zero attached hydrogens (tertiary/aromatic N) is 3. The van der Waals surface area contributed by atoms with Gasteiger partial charge in [0.1, 0.15) is 16.5 Å². The Balaban J connectivity index is 1.67. The predicted octanol–water partition coefficient (Wildman–Crippen LogP) is 4.71. The van der Waals surface area contributed by atoms with E-state index in [1.807, 2.05) is 30.1 Å². The smallest absolute Gasteiger partial charge is 0.304 e. The first kappa shape index (κ1) is 23.7. The van der Waals surface area contributed by atoms with E-state index in [9.17, 15) is 22.7 Å². The highest BCUT2D eigenvalue weighted by molar-refractivity contribution is 7.92. The summed E-state index contributed by atoms with van der Waals surface area (Å²) in [6, 6.07) is 14.2. The van der Waals surface area contributed by atoms with Crippen LogP contribution in [-0.2, 0) is 21.2 Å². The molecule has 0 aliphatic carbocycles. The average Bonchev–Trinajstić information content (AvgIpc) is 3.09. The van der Waals surface area contributed by atoms with E-state index in [4.69, 9.17) is 0 Å². The Morgan fingerprint density at radius 2 is 1.94 bits per heavy atom. The molecule has 2 unspecified atom stereocenters. The highest BCUT2D eigenvalue weighted by Crippen LogP contribution is 2.45. The average molecular weight is 484 g/mol. The van der Waals surface area contributed by atoms with Gasteiger partial charge in [-0.2, -0.15) is 0 Å². The molecule has 0 saturated carbocycles. The molecule has 3 aromatic rings. The summed E-state index contributed by atoms with van der Waals surface area (Å²) in [6.07, 6.45) is 1.89. The topological polar surface area (TPSA) is 90.8 Å². The molecule has 2 atom stereocenters. The van der Waals surface area contributed by atoms with E-state index in [0.29, 0.717) is 11.4 Å². The van der Waals surface area contributed by atoms with Crippen LogP contribution in [0.3, 0.4) is 0 Å². The van der Waals surface area contributed by atoms with Crippen molar-refractivity contribution in [2.24, 2.45) is 0 Å². The molecular formula is C25H26FN3O4S. The minimum Gasteiger partial charge on any atom is -0.481 e. The lowest BCUT2D eigenvalue weighted by atomic mass is 9.93. The molecule has 7 nitrogen and oxygen atoms in total. The van der Waals surface area contributed by atoms with Gasteiger partial charge in [0, 0.05) is 24.8 Å². The first-order valence-corrected chi connectivity index (χ1v) is 12.4. The van der Waals surface area contributed by atoms with Crippen molar-refractivity contribution in [2.45, 2.75) is 43.5 Å². The molecule has 1 aromatic heterocycles. The molecule has 0 bridgehead atoms. The normalized spacial score (nSPS) is 17.5. The van der Waals surface area contributed by atoms with Crippen molar-refractivity contribution >= 4 is 33.2 Å². The highest BCUT2D eigenvalue weighted by Gasteiger charge is 2.43. The third-order valence-corrected chi connectivity index (χ3v) is 8.18. The zero-order chi connectivity index (χ0) is 24.6. The first-order chi connectivity index (χ1) is 16.1. The number of anilines is 3. The number of halogens is 1.